The molecule has 0 aliphatic heterocycles. The maximum Gasteiger partial charge on any atom is 0.142 e. The molecule has 112 valence electrons. The zero-order valence-corrected chi connectivity index (χ0v) is 12.7. The average molecular weight is 312 g/mol. The molecule has 0 fully saturated rings. The van der Waals surface area contributed by atoms with Gasteiger partial charge in [0, 0.05) is 37.1 Å². The van der Waals surface area contributed by atoms with Crippen molar-refractivity contribution in [2.75, 3.05) is 6.54 Å². The number of nitrogens with one attached hydrogen (secondary N) is 1. The Morgan fingerprint density at radius 2 is 2.00 bits per heavy atom. The lowest BCUT2D eigenvalue weighted by molar-refractivity contribution is 0.174. The Morgan fingerprint density at radius 1 is 1.14 bits per heavy atom. The summed E-state index contributed by atoms with van der Waals surface area (Å²) in [5.41, 5.74) is 2.69. The number of rotatable bonds is 6. The summed E-state index contributed by atoms with van der Waals surface area (Å²) in [6.45, 7) is 1.09. The predicted octanol–water partition coefficient (Wildman–Crippen LogP) is 2.42. The highest BCUT2D eigenvalue weighted by Gasteiger charge is 2.08. The quantitative estimate of drug-likeness (QED) is 0.731. The van der Waals surface area contributed by atoms with Gasteiger partial charge < -0.3 is 10.4 Å². The molecule has 2 N–H and O–H groups in total. The summed E-state index contributed by atoms with van der Waals surface area (Å²) < 4.78 is 0. The molecule has 0 radical (unpaired) electrons. The number of nitrogens with zero attached hydrogens (tertiary/aromatic N) is 3. The maximum atomic E-state index is 10.1. The summed E-state index contributed by atoms with van der Waals surface area (Å²) in [5.74, 6) is 0. The summed E-state index contributed by atoms with van der Waals surface area (Å²) in [4.78, 5) is 12.8. The van der Waals surface area contributed by atoms with Gasteiger partial charge in [-0.25, -0.2) is 4.98 Å². The zero-order valence-electron chi connectivity index (χ0n) is 11.9. The van der Waals surface area contributed by atoms with Crippen molar-refractivity contribution in [3.63, 3.8) is 0 Å². The molecule has 0 aromatic carbocycles. The Kier molecular flexibility index (Phi) is 4.85. The molecule has 6 heteroatoms. The highest BCUT2D eigenvalue weighted by atomic mass is 32.1. The fraction of sp³-hybridized carbons (Fsp3) is 0.188. The Labute approximate surface area is 132 Å². The molecule has 0 amide bonds. The van der Waals surface area contributed by atoms with Crippen molar-refractivity contribution in [3.8, 4) is 10.7 Å². The van der Waals surface area contributed by atoms with Gasteiger partial charge in [-0.2, -0.15) is 0 Å². The van der Waals surface area contributed by atoms with Crippen LogP contribution < -0.4 is 5.32 Å². The van der Waals surface area contributed by atoms with Crippen LogP contribution in [0.1, 0.15) is 17.4 Å². The van der Waals surface area contributed by atoms with Crippen molar-refractivity contribution in [3.05, 3.63) is 65.6 Å². The van der Waals surface area contributed by atoms with E-state index in [1.165, 1.54) is 0 Å². The van der Waals surface area contributed by atoms with Crippen molar-refractivity contribution in [2.24, 2.45) is 0 Å². The minimum absolute atomic E-state index is 0.473. The van der Waals surface area contributed by atoms with E-state index < -0.39 is 6.10 Å². The van der Waals surface area contributed by atoms with Gasteiger partial charge in [-0.1, -0.05) is 6.07 Å². The first-order chi connectivity index (χ1) is 10.8. The Balaban J connectivity index is 1.53. The summed E-state index contributed by atoms with van der Waals surface area (Å²) in [5, 5.41) is 16.2. The molecule has 0 saturated carbocycles. The molecule has 0 saturated heterocycles. The number of pyridine rings is 2. The highest BCUT2D eigenvalue weighted by molar-refractivity contribution is 7.13. The molecule has 3 aromatic heterocycles. The molecule has 3 rings (SSSR count). The molecule has 0 aliphatic carbocycles. The maximum absolute atomic E-state index is 10.1. The van der Waals surface area contributed by atoms with Crippen LogP contribution in [0.25, 0.3) is 10.7 Å². The SMILES string of the molecule is OC(CNCc1csc(-c2ccccn2)n1)c1ccncc1. The van der Waals surface area contributed by atoms with Gasteiger partial charge in [0.1, 0.15) is 5.01 Å². The van der Waals surface area contributed by atoms with Crippen LogP contribution in [-0.2, 0) is 6.54 Å². The van der Waals surface area contributed by atoms with Gasteiger partial charge in [0.25, 0.3) is 0 Å². The molecular weight excluding hydrogens is 296 g/mol. The summed E-state index contributed by atoms with van der Waals surface area (Å²) in [7, 11) is 0. The third-order valence-corrected chi connectivity index (χ3v) is 4.08. The second-order valence-electron chi connectivity index (χ2n) is 4.79. The van der Waals surface area contributed by atoms with Gasteiger partial charge in [0.2, 0.25) is 0 Å². The van der Waals surface area contributed by atoms with E-state index in [1.54, 1.807) is 29.9 Å². The zero-order chi connectivity index (χ0) is 15.2. The van der Waals surface area contributed by atoms with Gasteiger partial charge in [-0.05, 0) is 29.8 Å². The van der Waals surface area contributed by atoms with Crippen LogP contribution >= 0.6 is 11.3 Å². The number of aliphatic hydroxyl groups excluding tert-OH is 1. The van der Waals surface area contributed by atoms with Gasteiger partial charge in [-0.15, -0.1) is 11.3 Å². The number of aromatic nitrogens is 3. The average Bonchev–Trinajstić information content (AvgIpc) is 3.05. The molecule has 22 heavy (non-hydrogen) atoms. The summed E-state index contributed by atoms with van der Waals surface area (Å²) >= 11 is 1.57. The Hall–Kier alpha value is -2.15. The second-order valence-corrected chi connectivity index (χ2v) is 5.64. The van der Waals surface area contributed by atoms with Crippen LogP contribution in [0.3, 0.4) is 0 Å². The summed E-state index contributed by atoms with van der Waals surface area (Å²) in [6.07, 6.45) is 4.58. The number of aliphatic hydroxyl groups is 1. The lowest BCUT2D eigenvalue weighted by atomic mass is 10.1. The molecular formula is C16H16N4OS. The van der Waals surface area contributed by atoms with Crippen LogP contribution in [0.15, 0.2) is 54.3 Å². The molecule has 3 aromatic rings. The third kappa shape index (κ3) is 3.73. The van der Waals surface area contributed by atoms with Gasteiger partial charge >= 0.3 is 0 Å². The first-order valence-electron chi connectivity index (χ1n) is 6.97. The fourth-order valence-electron chi connectivity index (χ4n) is 2.04. The third-order valence-electron chi connectivity index (χ3n) is 3.17. The van der Waals surface area contributed by atoms with Gasteiger partial charge in [0.15, 0.2) is 0 Å². The van der Waals surface area contributed by atoms with Crippen LogP contribution in [0, 0.1) is 0 Å². The molecule has 1 unspecified atom stereocenters. The standard InChI is InChI=1S/C16H16N4OS/c21-15(12-4-7-17-8-5-12)10-18-9-13-11-22-16(20-13)14-3-1-2-6-19-14/h1-8,11,15,18,21H,9-10H2. The Bertz CT molecular complexity index is 702. The monoisotopic (exact) mass is 312 g/mol. The van der Waals surface area contributed by atoms with E-state index in [1.807, 2.05) is 35.7 Å². The van der Waals surface area contributed by atoms with Gasteiger partial charge in [0.05, 0.1) is 17.5 Å². The van der Waals surface area contributed by atoms with Crippen molar-refractivity contribution < 1.29 is 5.11 Å². The summed E-state index contributed by atoms with van der Waals surface area (Å²) in [6, 6.07) is 9.42. The van der Waals surface area contributed by atoms with E-state index in [4.69, 9.17) is 0 Å². The predicted molar refractivity (Wildman–Crippen MR) is 86.2 cm³/mol. The minimum Gasteiger partial charge on any atom is -0.387 e. The number of hydrogen-bond acceptors (Lipinski definition) is 6. The van der Waals surface area contributed by atoms with Crippen LogP contribution in [0.4, 0.5) is 0 Å². The topological polar surface area (TPSA) is 70.9 Å². The normalized spacial score (nSPS) is 12.2. The smallest absolute Gasteiger partial charge is 0.142 e. The molecule has 3 heterocycles. The lowest BCUT2D eigenvalue weighted by Gasteiger charge is -2.11. The minimum atomic E-state index is -0.545. The Morgan fingerprint density at radius 3 is 2.77 bits per heavy atom. The largest absolute Gasteiger partial charge is 0.387 e. The first kappa shape index (κ1) is 14.8. The molecule has 1 atom stereocenters. The second kappa shape index (κ2) is 7.22. The molecule has 0 aliphatic rings. The van der Waals surface area contributed by atoms with Gasteiger partial charge in [-0.3, -0.25) is 9.97 Å². The number of thiazole rings is 1. The molecule has 0 bridgehead atoms. The van der Waals surface area contributed by atoms with E-state index in [-0.39, 0.29) is 0 Å². The molecule has 0 spiro atoms. The van der Waals surface area contributed by atoms with Crippen LogP contribution in [0.2, 0.25) is 0 Å². The fourth-order valence-corrected chi connectivity index (χ4v) is 2.83. The van der Waals surface area contributed by atoms with Crippen molar-refractivity contribution >= 4 is 11.3 Å². The number of hydrogen-bond donors (Lipinski definition) is 2. The van der Waals surface area contributed by atoms with E-state index >= 15 is 0 Å². The van der Waals surface area contributed by atoms with Crippen LogP contribution in [0.5, 0.6) is 0 Å². The first-order valence-corrected chi connectivity index (χ1v) is 7.85. The van der Waals surface area contributed by atoms with E-state index in [9.17, 15) is 5.11 Å². The van der Waals surface area contributed by atoms with Crippen molar-refractivity contribution in [1.82, 2.24) is 20.3 Å². The van der Waals surface area contributed by atoms with E-state index in [0.717, 1.165) is 22.0 Å². The molecule has 5 nitrogen and oxygen atoms in total. The van der Waals surface area contributed by atoms with E-state index in [2.05, 4.69) is 20.3 Å². The van der Waals surface area contributed by atoms with E-state index in [0.29, 0.717) is 13.1 Å². The highest BCUT2D eigenvalue weighted by Crippen LogP contribution is 2.21. The van der Waals surface area contributed by atoms with Crippen molar-refractivity contribution in [1.29, 1.82) is 0 Å². The van der Waals surface area contributed by atoms with Crippen LogP contribution in [-0.4, -0.2) is 26.6 Å². The lowest BCUT2D eigenvalue weighted by Crippen LogP contribution is -2.21. The van der Waals surface area contributed by atoms with Crippen molar-refractivity contribution in [2.45, 2.75) is 12.6 Å².